The van der Waals surface area contributed by atoms with Crippen LogP contribution in [0.2, 0.25) is 0 Å². The number of benzene rings is 1. The number of aromatic hydroxyl groups is 2. The number of ether oxygens (including phenoxy) is 1. The minimum atomic E-state index is -0.493. The summed E-state index contributed by atoms with van der Waals surface area (Å²) in [4.78, 5) is 11.2. The SMILES string of the molecule is CCOC(=O)Cc1cc(C#N)c(O)cc1O. The van der Waals surface area contributed by atoms with Gasteiger partial charge in [0.2, 0.25) is 0 Å². The second kappa shape index (κ2) is 5.03. The van der Waals surface area contributed by atoms with Crippen LogP contribution in [0, 0.1) is 11.3 Å². The molecule has 0 amide bonds. The second-order valence-corrected chi connectivity index (χ2v) is 3.09. The van der Waals surface area contributed by atoms with E-state index in [9.17, 15) is 15.0 Å². The number of phenols is 2. The summed E-state index contributed by atoms with van der Waals surface area (Å²) >= 11 is 0. The van der Waals surface area contributed by atoms with Crippen LogP contribution in [0.1, 0.15) is 18.1 Å². The first-order valence-electron chi connectivity index (χ1n) is 4.69. The molecule has 0 aromatic heterocycles. The Morgan fingerprint density at radius 1 is 1.44 bits per heavy atom. The van der Waals surface area contributed by atoms with Crippen LogP contribution < -0.4 is 0 Å². The summed E-state index contributed by atoms with van der Waals surface area (Å²) in [6, 6.07) is 4.06. The van der Waals surface area contributed by atoms with Crippen LogP contribution in [-0.2, 0) is 16.0 Å². The average Bonchev–Trinajstić information content (AvgIpc) is 2.22. The highest BCUT2D eigenvalue weighted by Crippen LogP contribution is 2.27. The number of hydrogen-bond acceptors (Lipinski definition) is 5. The van der Waals surface area contributed by atoms with Gasteiger partial charge >= 0.3 is 5.97 Å². The third-order valence-electron chi connectivity index (χ3n) is 1.96. The molecule has 84 valence electrons. The van der Waals surface area contributed by atoms with E-state index >= 15 is 0 Å². The van der Waals surface area contributed by atoms with Crippen LogP contribution in [0.25, 0.3) is 0 Å². The molecule has 0 bridgehead atoms. The number of nitriles is 1. The first-order chi connectivity index (χ1) is 7.58. The largest absolute Gasteiger partial charge is 0.508 e. The molecule has 0 aliphatic heterocycles. The van der Waals surface area contributed by atoms with Crippen molar-refractivity contribution in [2.24, 2.45) is 0 Å². The van der Waals surface area contributed by atoms with Crippen LogP contribution in [0.3, 0.4) is 0 Å². The van der Waals surface area contributed by atoms with Gasteiger partial charge in [-0.05, 0) is 13.0 Å². The van der Waals surface area contributed by atoms with Crippen LogP contribution in [0.5, 0.6) is 11.5 Å². The Kier molecular flexibility index (Phi) is 3.72. The quantitative estimate of drug-likeness (QED) is 0.745. The molecule has 0 saturated heterocycles. The molecule has 0 aliphatic rings. The first-order valence-corrected chi connectivity index (χ1v) is 4.69. The number of esters is 1. The molecule has 0 spiro atoms. The monoisotopic (exact) mass is 221 g/mol. The van der Waals surface area contributed by atoms with Crippen LogP contribution in [0.4, 0.5) is 0 Å². The van der Waals surface area contributed by atoms with E-state index in [-0.39, 0.29) is 35.7 Å². The predicted octanol–water partition coefficient (Wildman–Crippen LogP) is 1.08. The Labute approximate surface area is 92.5 Å². The van der Waals surface area contributed by atoms with Crippen molar-refractivity contribution in [2.75, 3.05) is 6.61 Å². The van der Waals surface area contributed by atoms with Crippen molar-refractivity contribution in [3.05, 3.63) is 23.3 Å². The van der Waals surface area contributed by atoms with Gasteiger partial charge in [-0.25, -0.2) is 0 Å². The molecule has 0 atom stereocenters. The van der Waals surface area contributed by atoms with Crippen LogP contribution in [-0.4, -0.2) is 22.8 Å². The molecule has 2 N–H and O–H groups in total. The molecular weight excluding hydrogens is 210 g/mol. The van der Waals surface area contributed by atoms with Crippen molar-refractivity contribution in [1.29, 1.82) is 5.26 Å². The minimum absolute atomic E-state index is 0.0112. The highest BCUT2D eigenvalue weighted by atomic mass is 16.5. The van der Waals surface area contributed by atoms with E-state index in [1.54, 1.807) is 13.0 Å². The molecule has 5 heteroatoms. The fraction of sp³-hybridized carbons (Fsp3) is 0.273. The topological polar surface area (TPSA) is 90.6 Å². The molecule has 0 saturated carbocycles. The Morgan fingerprint density at radius 2 is 2.12 bits per heavy atom. The third kappa shape index (κ3) is 2.64. The maximum Gasteiger partial charge on any atom is 0.310 e. The first kappa shape index (κ1) is 11.9. The van der Waals surface area contributed by atoms with Gasteiger partial charge in [0.15, 0.2) is 0 Å². The van der Waals surface area contributed by atoms with Gasteiger partial charge in [-0.1, -0.05) is 0 Å². The van der Waals surface area contributed by atoms with E-state index < -0.39 is 5.97 Å². The molecule has 1 aromatic rings. The summed E-state index contributed by atoms with van der Waals surface area (Å²) in [5, 5.41) is 27.4. The van der Waals surface area contributed by atoms with Crippen molar-refractivity contribution >= 4 is 5.97 Å². The maximum atomic E-state index is 11.2. The predicted molar refractivity (Wildman–Crippen MR) is 54.8 cm³/mol. The van der Waals surface area contributed by atoms with Crippen molar-refractivity contribution < 1.29 is 19.7 Å². The molecule has 1 rings (SSSR count). The molecule has 0 heterocycles. The van der Waals surface area contributed by atoms with Gasteiger partial charge in [-0.3, -0.25) is 4.79 Å². The highest BCUT2D eigenvalue weighted by Gasteiger charge is 2.12. The van der Waals surface area contributed by atoms with E-state index in [4.69, 9.17) is 10.00 Å². The zero-order chi connectivity index (χ0) is 12.1. The third-order valence-corrected chi connectivity index (χ3v) is 1.96. The van der Waals surface area contributed by atoms with Gasteiger partial charge < -0.3 is 14.9 Å². The Bertz CT molecular complexity index is 448. The number of carbonyl (C=O) groups excluding carboxylic acids is 1. The van der Waals surface area contributed by atoms with Gasteiger partial charge in [0.1, 0.15) is 17.6 Å². The lowest BCUT2D eigenvalue weighted by Crippen LogP contribution is -2.07. The molecule has 0 unspecified atom stereocenters. The maximum absolute atomic E-state index is 11.2. The summed E-state index contributed by atoms with van der Waals surface area (Å²) in [6.07, 6.45) is -0.130. The molecule has 5 nitrogen and oxygen atoms in total. The zero-order valence-electron chi connectivity index (χ0n) is 8.73. The lowest BCUT2D eigenvalue weighted by molar-refractivity contribution is -0.142. The van der Waals surface area contributed by atoms with E-state index in [0.717, 1.165) is 6.07 Å². The molecular formula is C11H11NO4. The van der Waals surface area contributed by atoms with E-state index in [2.05, 4.69) is 0 Å². The Morgan fingerprint density at radius 3 is 2.69 bits per heavy atom. The minimum Gasteiger partial charge on any atom is -0.508 e. The van der Waals surface area contributed by atoms with Gasteiger partial charge in [-0.2, -0.15) is 5.26 Å². The van der Waals surface area contributed by atoms with Gasteiger partial charge in [0, 0.05) is 11.6 Å². The lowest BCUT2D eigenvalue weighted by atomic mass is 10.1. The number of nitrogens with zero attached hydrogens (tertiary/aromatic N) is 1. The van der Waals surface area contributed by atoms with Crippen molar-refractivity contribution in [2.45, 2.75) is 13.3 Å². The molecule has 16 heavy (non-hydrogen) atoms. The summed E-state index contributed by atoms with van der Waals surface area (Å²) in [7, 11) is 0. The number of phenolic OH excluding ortho intramolecular Hbond substituents is 2. The molecule has 0 radical (unpaired) electrons. The number of rotatable bonds is 3. The molecule has 0 fully saturated rings. The summed E-state index contributed by atoms with van der Waals surface area (Å²) < 4.78 is 4.71. The van der Waals surface area contributed by atoms with E-state index in [1.807, 2.05) is 0 Å². The van der Waals surface area contributed by atoms with Crippen LogP contribution >= 0.6 is 0 Å². The van der Waals surface area contributed by atoms with E-state index in [1.165, 1.54) is 6.07 Å². The van der Waals surface area contributed by atoms with Gasteiger partial charge in [-0.15, -0.1) is 0 Å². The van der Waals surface area contributed by atoms with Crippen LogP contribution in [0.15, 0.2) is 12.1 Å². The summed E-state index contributed by atoms with van der Waals surface area (Å²) in [5.74, 6) is -1.04. The average molecular weight is 221 g/mol. The molecule has 1 aromatic carbocycles. The fourth-order valence-corrected chi connectivity index (χ4v) is 1.22. The Balaban J connectivity index is 2.97. The lowest BCUT2D eigenvalue weighted by Gasteiger charge is -2.06. The summed E-state index contributed by atoms with van der Waals surface area (Å²) in [6.45, 7) is 1.93. The summed E-state index contributed by atoms with van der Waals surface area (Å²) in [5.41, 5.74) is 0.268. The standard InChI is InChI=1S/C11H11NO4/c1-2-16-11(15)4-7-3-8(6-12)10(14)5-9(7)13/h3,5,13-14H,2,4H2,1H3. The number of carbonyl (C=O) groups is 1. The normalized spacial score (nSPS) is 9.50. The van der Waals surface area contributed by atoms with Crippen molar-refractivity contribution in [1.82, 2.24) is 0 Å². The van der Waals surface area contributed by atoms with Crippen molar-refractivity contribution in [3.63, 3.8) is 0 Å². The van der Waals surface area contributed by atoms with Gasteiger partial charge in [0.05, 0.1) is 18.6 Å². The molecule has 0 aliphatic carbocycles. The Hall–Kier alpha value is -2.22. The fourth-order valence-electron chi connectivity index (χ4n) is 1.22. The second-order valence-electron chi connectivity index (χ2n) is 3.09. The van der Waals surface area contributed by atoms with Crippen molar-refractivity contribution in [3.8, 4) is 17.6 Å². The van der Waals surface area contributed by atoms with E-state index in [0.29, 0.717) is 0 Å². The zero-order valence-corrected chi connectivity index (χ0v) is 8.73. The number of hydrogen-bond donors (Lipinski definition) is 2. The smallest absolute Gasteiger partial charge is 0.310 e. The highest BCUT2D eigenvalue weighted by molar-refractivity contribution is 5.74. The van der Waals surface area contributed by atoms with Gasteiger partial charge in [0.25, 0.3) is 0 Å².